The van der Waals surface area contributed by atoms with Gasteiger partial charge in [0, 0.05) is 12.0 Å². The summed E-state index contributed by atoms with van der Waals surface area (Å²) in [5.74, 6) is 2.12. The van der Waals surface area contributed by atoms with Gasteiger partial charge in [-0.3, -0.25) is 0 Å². The standard InChI is InChI=1S/C10H16O2Si/c1-9(10(11)12)7-5-6-8-13(2,3)4/h7H,5H2,1-4H3,(H,11,12). The maximum Gasteiger partial charge on any atom is 0.330 e. The summed E-state index contributed by atoms with van der Waals surface area (Å²) in [6.07, 6.45) is 2.19. The van der Waals surface area contributed by atoms with Gasteiger partial charge >= 0.3 is 5.97 Å². The zero-order valence-corrected chi connectivity index (χ0v) is 9.64. The first-order chi connectivity index (χ1) is 5.83. The van der Waals surface area contributed by atoms with Crippen LogP contribution in [0.15, 0.2) is 11.6 Å². The van der Waals surface area contributed by atoms with Crippen molar-refractivity contribution in [2.75, 3.05) is 0 Å². The third kappa shape index (κ3) is 7.35. The number of carboxylic acid groups (broad SMARTS) is 1. The molecule has 0 spiro atoms. The Kier molecular flexibility index (Phi) is 4.50. The Morgan fingerprint density at radius 3 is 2.38 bits per heavy atom. The molecule has 0 heterocycles. The van der Waals surface area contributed by atoms with Crippen LogP contribution in [0, 0.1) is 11.5 Å². The average molecular weight is 196 g/mol. The molecule has 2 nitrogen and oxygen atoms in total. The van der Waals surface area contributed by atoms with Crippen LogP contribution in [-0.2, 0) is 4.79 Å². The predicted molar refractivity (Wildman–Crippen MR) is 57.1 cm³/mol. The van der Waals surface area contributed by atoms with Crippen molar-refractivity contribution in [1.29, 1.82) is 0 Å². The Morgan fingerprint density at radius 2 is 2.00 bits per heavy atom. The molecule has 0 amide bonds. The van der Waals surface area contributed by atoms with Crippen molar-refractivity contribution in [2.45, 2.75) is 33.0 Å². The highest BCUT2D eigenvalue weighted by Gasteiger charge is 2.06. The lowest BCUT2D eigenvalue weighted by molar-refractivity contribution is -0.132. The Labute approximate surface area is 80.7 Å². The Balaban J connectivity index is 4.11. The highest BCUT2D eigenvalue weighted by Crippen LogP contribution is 1.98. The van der Waals surface area contributed by atoms with Gasteiger partial charge in [0.25, 0.3) is 0 Å². The molecular weight excluding hydrogens is 180 g/mol. The topological polar surface area (TPSA) is 37.3 Å². The van der Waals surface area contributed by atoms with E-state index in [1.807, 2.05) is 0 Å². The summed E-state index contributed by atoms with van der Waals surface area (Å²) in [4.78, 5) is 10.4. The molecule has 0 radical (unpaired) electrons. The molecule has 0 aromatic rings. The van der Waals surface area contributed by atoms with Crippen LogP contribution < -0.4 is 0 Å². The zero-order chi connectivity index (χ0) is 10.5. The first kappa shape index (κ1) is 12.0. The Bertz CT molecular complexity index is 274. The SMILES string of the molecule is CC(=CCC#C[Si](C)(C)C)C(=O)O. The lowest BCUT2D eigenvalue weighted by Gasteiger charge is -2.02. The number of hydrogen-bond donors (Lipinski definition) is 1. The van der Waals surface area contributed by atoms with Crippen molar-refractivity contribution in [3.63, 3.8) is 0 Å². The minimum absolute atomic E-state index is 0.366. The fraction of sp³-hybridized carbons (Fsp3) is 0.500. The molecule has 0 aliphatic rings. The monoisotopic (exact) mass is 196 g/mol. The second-order valence-electron chi connectivity index (χ2n) is 3.95. The first-order valence-electron chi connectivity index (χ1n) is 4.23. The zero-order valence-electron chi connectivity index (χ0n) is 8.64. The fourth-order valence-corrected chi connectivity index (χ4v) is 1.24. The third-order valence-corrected chi connectivity index (χ3v) is 2.24. The molecule has 0 saturated carbocycles. The average Bonchev–Trinajstić information content (AvgIpc) is 1.95. The van der Waals surface area contributed by atoms with Crippen LogP contribution >= 0.6 is 0 Å². The maximum absolute atomic E-state index is 10.4. The van der Waals surface area contributed by atoms with E-state index in [-0.39, 0.29) is 0 Å². The molecule has 0 aromatic carbocycles. The van der Waals surface area contributed by atoms with Gasteiger partial charge in [-0.15, -0.1) is 11.5 Å². The molecule has 0 aliphatic heterocycles. The lowest BCUT2D eigenvalue weighted by Crippen LogP contribution is -2.16. The number of carboxylic acids is 1. The van der Waals surface area contributed by atoms with E-state index in [0.29, 0.717) is 12.0 Å². The fourth-order valence-electron chi connectivity index (χ4n) is 0.608. The normalized spacial score (nSPS) is 11.8. The summed E-state index contributed by atoms with van der Waals surface area (Å²) in [6, 6.07) is 0. The first-order valence-corrected chi connectivity index (χ1v) is 7.73. The van der Waals surface area contributed by atoms with Gasteiger partial charge < -0.3 is 5.11 Å². The molecule has 1 N–H and O–H groups in total. The minimum atomic E-state index is -1.29. The maximum atomic E-state index is 10.4. The van der Waals surface area contributed by atoms with Crippen LogP contribution in [-0.4, -0.2) is 19.1 Å². The summed E-state index contributed by atoms with van der Waals surface area (Å²) >= 11 is 0. The highest BCUT2D eigenvalue weighted by atomic mass is 28.3. The van der Waals surface area contributed by atoms with Gasteiger partial charge in [-0.05, 0) is 6.92 Å². The van der Waals surface area contributed by atoms with Crippen LogP contribution in [0.4, 0.5) is 0 Å². The number of rotatable bonds is 2. The van der Waals surface area contributed by atoms with Crippen LogP contribution in [0.25, 0.3) is 0 Å². The van der Waals surface area contributed by atoms with E-state index in [2.05, 4.69) is 31.1 Å². The second-order valence-corrected chi connectivity index (χ2v) is 8.70. The van der Waals surface area contributed by atoms with Crippen LogP contribution in [0.2, 0.25) is 19.6 Å². The number of carbonyl (C=O) groups is 1. The van der Waals surface area contributed by atoms with Gasteiger partial charge in [-0.1, -0.05) is 25.7 Å². The van der Waals surface area contributed by atoms with Crippen molar-refractivity contribution in [2.24, 2.45) is 0 Å². The number of allylic oxidation sites excluding steroid dienone is 1. The molecule has 72 valence electrons. The molecule has 13 heavy (non-hydrogen) atoms. The number of aliphatic carboxylic acids is 1. The molecule has 0 aromatic heterocycles. The van der Waals surface area contributed by atoms with Crippen LogP contribution in [0.1, 0.15) is 13.3 Å². The molecule has 0 saturated heterocycles. The summed E-state index contributed by atoms with van der Waals surface area (Å²) in [5, 5.41) is 8.53. The highest BCUT2D eigenvalue weighted by molar-refractivity contribution is 6.83. The van der Waals surface area contributed by atoms with Crippen molar-refractivity contribution in [3.8, 4) is 11.5 Å². The van der Waals surface area contributed by atoms with Gasteiger partial charge in [0.1, 0.15) is 8.07 Å². The smallest absolute Gasteiger partial charge is 0.330 e. The van der Waals surface area contributed by atoms with Crippen molar-refractivity contribution < 1.29 is 9.90 Å². The lowest BCUT2D eigenvalue weighted by atomic mass is 10.2. The van der Waals surface area contributed by atoms with E-state index in [0.717, 1.165) is 0 Å². The van der Waals surface area contributed by atoms with Gasteiger partial charge in [-0.2, -0.15) is 0 Å². The molecule has 0 bridgehead atoms. The molecule has 0 unspecified atom stereocenters. The van der Waals surface area contributed by atoms with E-state index in [4.69, 9.17) is 5.11 Å². The van der Waals surface area contributed by atoms with Crippen molar-refractivity contribution in [1.82, 2.24) is 0 Å². The van der Waals surface area contributed by atoms with E-state index >= 15 is 0 Å². The molecular formula is C10H16O2Si. The molecule has 0 fully saturated rings. The Hall–Kier alpha value is -1.01. The largest absolute Gasteiger partial charge is 0.478 e. The van der Waals surface area contributed by atoms with E-state index in [1.165, 1.54) is 0 Å². The quantitative estimate of drug-likeness (QED) is 0.418. The van der Waals surface area contributed by atoms with Crippen LogP contribution in [0.5, 0.6) is 0 Å². The summed E-state index contributed by atoms with van der Waals surface area (Å²) < 4.78 is 0. The van der Waals surface area contributed by atoms with Crippen molar-refractivity contribution in [3.05, 3.63) is 11.6 Å². The number of hydrogen-bond acceptors (Lipinski definition) is 1. The van der Waals surface area contributed by atoms with Gasteiger partial charge in [0.2, 0.25) is 0 Å². The molecule has 0 aliphatic carbocycles. The minimum Gasteiger partial charge on any atom is -0.478 e. The van der Waals surface area contributed by atoms with Gasteiger partial charge in [0.15, 0.2) is 0 Å². The van der Waals surface area contributed by atoms with Gasteiger partial charge in [0.05, 0.1) is 0 Å². The van der Waals surface area contributed by atoms with Gasteiger partial charge in [-0.25, -0.2) is 4.79 Å². The van der Waals surface area contributed by atoms with Crippen LogP contribution in [0.3, 0.4) is 0 Å². The van der Waals surface area contributed by atoms with E-state index in [9.17, 15) is 4.79 Å². The second kappa shape index (κ2) is 4.88. The molecule has 0 rings (SSSR count). The third-order valence-electron chi connectivity index (χ3n) is 1.31. The summed E-state index contributed by atoms with van der Waals surface area (Å²) in [6.45, 7) is 8.06. The van der Waals surface area contributed by atoms with Crippen molar-refractivity contribution >= 4 is 14.0 Å². The summed E-state index contributed by atoms with van der Waals surface area (Å²) in [7, 11) is -1.29. The summed E-state index contributed by atoms with van der Waals surface area (Å²) in [5.41, 5.74) is 3.53. The van der Waals surface area contributed by atoms with E-state index < -0.39 is 14.0 Å². The van der Waals surface area contributed by atoms with E-state index in [1.54, 1.807) is 13.0 Å². The molecule has 0 atom stereocenters. The molecule has 3 heteroatoms. The Morgan fingerprint density at radius 1 is 1.46 bits per heavy atom. The predicted octanol–water partition coefficient (Wildman–Crippen LogP) is 2.29.